The van der Waals surface area contributed by atoms with E-state index in [1.54, 1.807) is 0 Å². The summed E-state index contributed by atoms with van der Waals surface area (Å²) in [6.45, 7) is 0. The van der Waals surface area contributed by atoms with Crippen LogP contribution in [0.5, 0.6) is 0 Å². The van der Waals surface area contributed by atoms with Crippen LogP contribution in [0.25, 0.3) is 87.2 Å². The second kappa shape index (κ2) is 6.50. The highest BCUT2D eigenvalue weighted by Crippen LogP contribution is 2.52. The van der Waals surface area contributed by atoms with Crippen LogP contribution < -0.4 is 0 Å². The van der Waals surface area contributed by atoms with E-state index in [1.807, 2.05) is 0 Å². The molecule has 164 valence electrons. The van der Waals surface area contributed by atoms with E-state index in [-0.39, 0.29) is 0 Å². The van der Waals surface area contributed by atoms with E-state index in [0.717, 1.165) is 0 Å². The maximum absolute atomic E-state index is 2.42. The molecule has 1 aliphatic carbocycles. The first-order valence-corrected chi connectivity index (χ1v) is 12.6. The first-order valence-electron chi connectivity index (χ1n) is 12.6. The van der Waals surface area contributed by atoms with Crippen LogP contribution in [0, 0.1) is 0 Å². The van der Waals surface area contributed by atoms with Crippen LogP contribution in [0.2, 0.25) is 0 Å². The molecule has 0 bridgehead atoms. The Hall–Kier alpha value is -4.68. The predicted octanol–water partition coefficient (Wildman–Crippen LogP) is 10.2. The Morgan fingerprint density at radius 1 is 0.278 bits per heavy atom. The molecule has 0 unspecified atom stereocenters. The molecule has 0 radical (unpaired) electrons. The molecule has 0 spiro atoms. The van der Waals surface area contributed by atoms with Gasteiger partial charge in [-0.25, -0.2) is 0 Å². The topological polar surface area (TPSA) is 0 Å². The molecule has 1 aliphatic rings. The smallest absolute Gasteiger partial charge is 0.00137 e. The van der Waals surface area contributed by atoms with Crippen molar-refractivity contribution < 1.29 is 0 Å². The van der Waals surface area contributed by atoms with Crippen LogP contribution in [-0.4, -0.2) is 0 Å². The third kappa shape index (κ3) is 2.29. The van der Waals surface area contributed by atoms with Crippen LogP contribution in [0.3, 0.4) is 0 Å². The van der Waals surface area contributed by atoms with Gasteiger partial charge in [-0.1, -0.05) is 91.0 Å². The van der Waals surface area contributed by atoms with Gasteiger partial charge in [-0.2, -0.15) is 0 Å². The van der Waals surface area contributed by atoms with Gasteiger partial charge in [0.05, 0.1) is 0 Å². The normalized spacial score (nSPS) is 12.4. The summed E-state index contributed by atoms with van der Waals surface area (Å²) in [4.78, 5) is 0. The molecular weight excluding hydrogens is 432 g/mol. The summed E-state index contributed by atoms with van der Waals surface area (Å²) >= 11 is 0. The van der Waals surface area contributed by atoms with Crippen molar-refractivity contribution in [2.45, 2.75) is 0 Å². The van der Waals surface area contributed by atoms with Crippen LogP contribution in [0.15, 0.2) is 121 Å². The van der Waals surface area contributed by atoms with Gasteiger partial charge in [-0.05, 0) is 118 Å². The molecule has 0 amide bonds. The Morgan fingerprint density at radius 3 is 1.83 bits per heavy atom. The molecule has 0 fully saturated rings. The highest BCUT2D eigenvalue weighted by Gasteiger charge is 2.25. The minimum absolute atomic E-state index is 1.26. The Balaban J connectivity index is 1.39. The van der Waals surface area contributed by atoms with E-state index >= 15 is 0 Å². The Kier molecular flexibility index (Phi) is 3.36. The summed E-state index contributed by atoms with van der Waals surface area (Å²) in [5.74, 6) is 0. The number of rotatable bonds is 1. The van der Waals surface area contributed by atoms with Crippen molar-refractivity contribution in [3.05, 3.63) is 121 Å². The quantitative estimate of drug-likeness (QED) is 0.172. The average molecular weight is 453 g/mol. The van der Waals surface area contributed by atoms with Crippen LogP contribution in [0.4, 0.5) is 0 Å². The van der Waals surface area contributed by atoms with E-state index in [1.165, 1.54) is 87.2 Å². The third-order valence-electron chi connectivity index (χ3n) is 8.27. The van der Waals surface area contributed by atoms with Crippen molar-refractivity contribution in [3.63, 3.8) is 0 Å². The standard InChI is InChI=1S/C36H20/c1-2-6-21(7-3-1)28-11-5-9-24-16-26-19-32-31(20-27(26)18-30(24)28)29-15-14-23-13-12-22-8-4-10-25-17-33(32)36(29)35(23)34(22)25/h1-20H. The van der Waals surface area contributed by atoms with Gasteiger partial charge in [0.2, 0.25) is 0 Å². The second-order valence-corrected chi connectivity index (χ2v) is 10.1. The number of fused-ring (bicyclic) bond motifs is 5. The first-order chi connectivity index (χ1) is 17.8. The molecule has 8 aromatic carbocycles. The molecule has 0 nitrogen and oxygen atoms in total. The molecule has 0 heteroatoms. The Labute approximate surface area is 208 Å². The van der Waals surface area contributed by atoms with E-state index in [9.17, 15) is 0 Å². The summed E-state index contributed by atoms with van der Waals surface area (Å²) in [5, 5.41) is 13.4. The molecule has 0 saturated heterocycles. The Morgan fingerprint density at radius 2 is 0.944 bits per heavy atom. The molecule has 9 rings (SSSR count). The molecule has 0 aliphatic heterocycles. The maximum atomic E-state index is 2.42. The van der Waals surface area contributed by atoms with Crippen molar-refractivity contribution in [2.75, 3.05) is 0 Å². The Bertz CT molecular complexity index is 2180. The summed E-state index contributed by atoms with van der Waals surface area (Å²) in [6, 6.07) is 45.3. The van der Waals surface area contributed by atoms with Crippen molar-refractivity contribution in [2.24, 2.45) is 0 Å². The lowest BCUT2D eigenvalue weighted by molar-refractivity contribution is 1.66. The summed E-state index contributed by atoms with van der Waals surface area (Å²) in [7, 11) is 0. The molecule has 0 saturated carbocycles. The SMILES string of the molecule is c1ccc(-c2cccc3cc4cc5c(cc4cc23)-c2ccc3ccc4cccc6cc-5c2c3c46)cc1. The van der Waals surface area contributed by atoms with Gasteiger partial charge in [-0.3, -0.25) is 0 Å². The summed E-state index contributed by atoms with van der Waals surface area (Å²) in [5.41, 5.74) is 8.00. The predicted molar refractivity (Wildman–Crippen MR) is 155 cm³/mol. The van der Waals surface area contributed by atoms with Crippen molar-refractivity contribution in [1.82, 2.24) is 0 Å². The molecule has 0 heterocycles. The highest BCUT2D eigenvalue weighted by atomic mass is 14.3. The fraction of sp³-hybridized carbons (Fsp3) is 0. The highest BCUT2D eigenvalue weighted by molar-refractivity contribution is 6.32. The fourth-order valence-electron chi connectivity index (χ4n) is 6.68. The van der Waals surface area contributed by atoms with Crippen molar-refractivity contribution >= 4 is 53.9 Å². The van der Waals surface area contributed by atoms with Gasteiger partial charge in [0.15, 0.2) is 0 Å². The van der Waals surface area contributed by atoms with E-state index in [0.29, 0.717) is 0 Å². The largest absolute Gasteiger partial charge is 0.0622 e. The van der Waals surface area contributed by atoms with E-state index < -0.39 is 0 Å². The third-order valence-corrected chi connectivity index (χ3v) is 8.27. The van der Waals surface area contributed by atoms with Gasteiger partial charge in [0.1, 0.15) is 0 Å². The van der Waals surface area contributed by atoms with E-state index in [4.69, 9.17) is 0 Å². The lowest BCUT2D eigenvalue weighted by atomic mass is 9.91. The number of hydrogen-bond acceptors (Lipinski definition) is 0. The summed E-state index contributed by atoms with van der Waals surface area (Å²) < 4.78 is 0. The lowest BCUT2D eigenvalue weighted by Crippen LogP contribution is -1.85. The summed E-state index contributed by atoms with van der Waals surface area (Å²) in [6.07, 6.45) is 0. The van der Waals surface area contributed by atoms with Gasteiger partial charge < -0.3 is 0 Å². The molecule has 0 N–H and O–H groups in total. The van der Waals surface area contributed by atoms with Gasteiger partial charge in [0, 0.05) is 0 Å². The molecule has 0 aromatic heterocycles. The van der Waals surface area contributed by atoms with Crippen molar-refractivity contribution in [1.29, 1.82) is 0 Å². The molecule has 0 atom stereocenters. The molecule has 8 aromatic rings. The molecule has 36 heavy (non-hydrogen) atoms. The number of benzene rings is 8. The van der Waals surface area contributed by atoms with Crippen LogP contribution in [-0.2, 0) is 0 Å². The minimum Gasteiger partial charge on any atom is -0.0622 e. The van der Waals surface area contributed by atoms with Gasteiger partial charge >= 0.3 is 0 Å². The minimum atomic E-state index is 1.26. The first kappa shape index (κ1) is 18.6. The monoisotopic (exact) mass is 452 g/mol. The average Bonchev–Trinajstić information content (AvgIpc) is 3.24. The van der Waals surface area contributed by atoms with Crippen molar-refractivity contribution in [3.8, 4) is 33.4 Å². The van der Waals surface area contributed by atoms with Crippen LogP contribution in [0.1, 0.15) is 0 Å². The zero-order chi connectivity index (χ0) is 23.4. The lowest BCUT2D eigenvalue weighted by Gasteiger charge is -2.12. The molecular formula is C36H20. The fourth-order valence-corrected chi connectivity index (χ4v) is 6.68. The maximum Gasteiger partial charge on any atom is -0.00137 e. The zero-order valence-electron chi connectivity index (χ0n) is 19.5. The number of hydrogen-bond donors (Lipinski definition) is 0. The van der Waals surface area contributed by atoms with Crippen LogP contribution >= 0.6 is 0 Å². The van der Waals surface area contributed by atoms with Gasteiger partial charge in [-0.15, -0.1) is 0 Å². The van der Waals surface area contributed by atoms with Gasteiger partial charge in [0.25, 0.3) is 0 Å². The zero-order valence-corrected chi connectivity index (χ0v) is 19.5. The second-order valence-electron chi connectivity index (χ2n) is 10.1. The van der Waals surface area contributed by atoms with E-state index in [2.05, 4.69) is 121 Å².